The van der Waals surface area contributed by atoms with Crippen LogP contribution in [0, 0.1) is 5.82 Å². The van der Waals surface area contributed by atoms with Crippen molar-refractivity contribution in [3.05, 3.63) is 29.6 Å². The van der Waals surface area contributed by atoms with E-state index in [9.17, 15) is 4.39 Å². The second kappa shape index (κ2) is 4.63. The maximum absolute atomic E-state index is 13.9. The fourth-order valence-corrected chi connectivity index (χ4v) is 2.26. The third-order valence-electron chi connectivity index (χ3n) is 3.44. The van der Waals surface area contributed by atoms with Crippen molar-refractivity contribution in [1.82, 2.24) is 4.90 Å². The van der Waals surface area contributed by atoms with Gasteiger partial charge < -0.3 is 10.5 Å². The molecule has 4 heteroatoms. The van der Waals surface area contributed by atoms with Crippen molar-refractivity contribution in [3.63, 3.8) is 0 Å². The third kappa shape index (κ3) is 2.42. The molecule has 1 aromatic carbocycles. The minimum atomic E-state index is -0.263. The molecule has 0 radical (unpaired) electrons. The molecule has 3 nitrogen and oxygen atoms in total. The number of likely N-dealkylation sites (tertiary alicyclic amines) is 1. The Morgan fingerprint density at radius 1 is 1.47 bits per heavy atom. The largest absolute Gasteiger partial charge is 0.494 e. The lowest BCUT2D eigenvalue weighted by atomic mass is 9.88. The van der Waals surface area contributed by atoms with E-state index in [0.717, 1.165) is 19.5 Å². The molecular formula is C13H19FN2O. The van der Waals surface area contributed by atoms with Crippen molar-refractivity contribution in [2.45, 2.75) is 25.4 Å². The van der Waals surface area contributed by atoms with Crippen molar-refractivity contribution in [1.29, 1.82) is 0 Å². The lowest BCUT2D eigenvalue weighted by Crippen LogP contribution is -2.66. The Morgan fingerprint density at radius 2 is 2.18 bits per heavy atom. The van der Waals surface area contributed by atoms with E-state index < -0.39 is 0 Å². The summed E-state index contributed by atoms with van der Waals surface area (Å²) < 4.78 is 18.8. The molecule has 2 rings (SSSR count). The van der Waals surface area contributed by atoms with Crippen LogP contribution in [-0.2, 0) is 6.54 Å². The van der Waals surface area contributed by atoms with E-state index in [2.05, 4.69) is 11.8 Å². The SMILES string of the molecule is CCC1(N)CN(Cc2cccc(OC)c2F)C1. The number of nitrogens with two attached hydrogens (primary N) is 1. The average molecular weight is 238 g/mol. The van der Waals surface area contributed by atoms with Crippen LogP contribution in [0.4, 0.5) is 4.39 Å². The summed E-state index contributed by atoms with van der Waals surface area (Å²) in [6.45, 7) is 4.35. The summed E-state index contributed by atoms with van der Waals surface area (Å²) in [5.41, 5.74) is 6.68. The molecule has 94 valence electrons. The number of hydrogen-bond acceptors (Lipinski definition) is 3. The number of methoxy groups -OCH3 is 1. The summed E-state index contributed by atoms with van der Waals surface area (Å²) in [4.78, 5) is 2.15. The Morgan fingerprint density at radius 3 is 2.76 bits per heavy atom. The molecule has 0 atom stereocenters. The van der Waals surface area contributed by atoms with Gasteiger partial charge in [-0.05, 0) is 12.5 Å². The molecule has 1 heterocycles. The van der Waals surface area contributed by atoms with Gasteiger partial charge in [-0.1, -0.05) is 19.1 Å². The monoisotopic (exact) mass is 238 g/mol. The smallest absolute Gasteiger partial charge is 0.169 e. The number of ether oxygens (including phenoxy) is 1. The zero-order chi connectivity index (χ0) is 12.5. The molecule has 2 N–H and O–H groups in total. The molecule has 17 heavy (non-hydrogen) atoms. The van der Waals surface area contributed by atoms with Crippen LogP contribution in [0.5, 0.6) is 5.75 Å². The first-order valence-electron chi connectivity index (χ1n) is 5.90. The van der Waals surface area contributed by atoms with Crippen LogP contribution in [0.15, 0.2) is 18.2 Å². The number of halogens is 1. The van der Waals surface area contributed by atoms with E-state index >= 15 is 0 Å². The number of rotatable bonds is 4. The van der Waals surface area contributed by atoms with Crippen LogP contribution in [0.3, 0.4) is 0 Å². The van der Waals surface area contributed by atoms with Crippen molar-refractivity contribution >= 4 is 0 Å². The molecule has 1 aliphatic heterocycles. The van der Waals surface area contributed by atoms with E-state index in [1.165, 1.54) is 7.11 Å². The minimum absolute atomic E-state index is 0.0741. The van der Waals surface area contributed by atoms with Gasteiger partial charge in [-0.15, -0.1) is 0 Å². The van der Waals surface area contributed by atoms with Crippen LogP contribution in [0.25, 0.3) is 0 Å². The fourth-order valence-electron chi connectivity index (χ4n) is 2.26. The van der Waals surface area contributed by atoms with Gasteiger partial charge >= 0.3 is 0 Å². The summed E-state index contributed by atoms with van der Waals surface area (Å²) in [7, 11) is 1.48. The predicted molar refractivity (Wildman–Crippen MR) is 65.4 cm³/mol. The molecule has 1 aliphatic rings. The topological polar surface area (TPSA) is 38.5 Å². The van der Waals surface area contributed by atoms with Gasteiger partial charge in [0, 0.05) is 30.7 Å². The standard InChI is InChI=1S/C13H19FN2O/c1-3-13(15)8-16(9-13)7-10-5-4-6-11(17-2)12(10)14/h4-6H,3,7-9,15H2,1-2H3. The van der Waals surface area contributed by atoms with Crippen LogP contribution < -0.4 is 10.5 Å². The summed E-state index contributed by atoms with van der Waals surface area (Å²) in [5.74, 6) is 0.0403. The van der Waals surface area contributed by atoms with E-state index in [1.54, 1.807) is 12.1 Å². The molecule has 1 fully saturated rings. The molecule has 0 amide bonds. The average Bonchev–Trinajstić information content (AvgIpc) is 2.29. The zero-order valence-electron chi connectivity index (χ0n) is 10.4. The summed E-state index contributed by atoms with van der Waals surface area (Å²) in [6, 6.07) is 5.24. The Bertz CT molecular complexity index is 402. The molecule has 0 aliphatic carbocycles. The highest BCUT2D eigenvalue weighted by Gasteiger charge is 2.37. The molecule has 0 unspecified atom stereocenters. The quantitative estimate of drug-likeness (QED) is 0.868. The lowest BCUT2D eigenvalue weighted by Gasteiger charge is -2.47. The highest BCUT2D eigenvalue weighted by Crippen LogP contribution is 2.26. The summed E-state index contributed by atoms with van der Waals surface area (Å²) in [5, 5.41) is 0. The van der Waals surface area contributed by atoms with Crippen LogP contribution in [-0.4, -0.2) is 30.6 Å². The molecule has 0 bridgehead atoms. The molecular weight excluding hydrogens is 219 g/mol. The van der Waals surface area contributed by atoms with Crippen molar-refractivity contribution < 1.29 is 9.13 Å². The molecule has 0 aromatic heterocycles. The predicted octanol–water partition coefficient (Wildman–Crippen LogP) is 1.76. The van der Waals surface area contributed by atoms with Gasteiger partial charge in [-0.2, -0.15) is 0 Å². The van der Waals surface area contributed by atoms with E-state index in [1.807, 2.05) is 6.07 Å². The first kappa shape index (κ1) is 12.3. The fraction of sp³-hybridized carbons (Fsp3) is 0.538. The minimum Gasteiger partial charge on any atom is -0.494 e. The maximum Gasteiger partial charge on any atom is 0.169 e. The highest BCUT2D eigenvalue weighted by molar-refractivity contribution is 5.31. The molecule has 1 aromatic rings. The van der Waals surface area contributed by atoms with Crippen LogP contribution in [0.1, 0.15) is 18.9 Å². The van der Waals surface area contributed by atoms with E-state index in [0.29, 0.717) is 17.9 Å². The van der Waals surface area contributed by atoms with Crippen molar-refractivity contribution in [3.8, 4) is 5.75 Å². The molecule has 0 spiro atoms. The Kier molecular flexibility index (Phi) is 3.35. The van der Waals surface area contributed by atoms with Crippen molar-refractivity contribution in [2.75, 3.05) is 20.2 Å². The van der Waals surface area contributed by atoms with Gasteiger partial charge in [0.15, 0.2) is 11.6 Å². The van der Waals surface area contributed by atoms with Crippen LogP contribution in [0.2, 0.25) is 0 Å². The number of hydrogen-bond donors (Lipinski definition) is 1. The van der Waals surface area contributed by atoms with E-state index in [4.69, 9.17) is 10.5 Å². The normalized spacial score (nSPS) is 18.8. The van der Waals surface area contributed by atoms with Crippen LogP contribution >= 0.6 is 0 Å². The lowest BCUT2D eigenvalue weighted by molar-refractivity contribution is 0.0596. The summed E-state index contributed by atoms with van der Waals surface area (Å²) >= 11 is 0. The van der Waals surface area contributed by atoms with Gasteiger partial charge in [0.25, 0.3) is 0 Å². The first-order chi connectivity index (χ1) is 8.08. The van der Waals surface area contributed by atoms with Gasteiger partial charge in [-0.3, -0.25) is 4.90 Å². The number of nitrogens with zero attached hydrogens (tertiary/aromatic N) is 1. The summed E-state index contributed by atoms with van der Waals surface area (Å²) in [6.07, 6.45) is 0.962. The van der Waals surface area contributed by atoms with Gasteiger partial charge in [0.2, 0.25) is 0 Å². The van der Waals surface area contributed by atoms with Gasteiger partial charge in [0.05, 0.1) is 7.11 Å². The Balaban J connectivity index is 2.01. The second-order valence-electron chi connectivity index (χ2n) is 4.79. The van der Waals surface area contributed by atoms with Crippen molar-refractivity contribution in [2.24, 2.45) is 5.73 Å². The first-order valence-corrected chi connectivity index (χ1v) is 5.90. The van der Waals surface area contributed by atoms with Gasteiger partial charge in [0.1, 0.15) is 0 Å². The second-order valence-corrected chi connectivity index (χ2v) is 4.79. The molecule has 0 saturated carbocycles. The Hall–Kier alpha value is -1.13. The highest BCUT2D eigenvalue weighted by atomic mass is 19.1. The van der Waals surface area contributed by atoms with E-state index in [-0.39, 0.29) is 11.4 Å². The Labute approximate surface area is 101 Å². The number of benzene rings is 1. The zero-order valence-corrected chi connectivity index (χ0v) is 10.4. The third-order valence-corrected chi connectivity index (χ3v) is 3.44. The molecule has 1 saturated heterocycles. The van der Waals surface area contributed by atoms with Gasteiger partial charge in [-0.25, -0.2) is 4.39 Å². The maximum atomic E-state index is 13.9.